The van der Waals surface area contributed by atoms with Crippen LogP contribution in [0.2, 0.25) is 0 Å². The topological polar surface area (TPSA) is 87.3 Å². The van der Waals surface area contributed by atoms with Crippen molar-refractivity contribution in [1.82, 2.24) is 0 Å². The van der Waals surface area contributed by atoms with Gasteiger partial charge in [0.2, 0.25) is 0 Å². The van der Waals surface area contributed by atoms with E-state index in [1.54, 1.807) is 30.3 Å². The van der Waals surface area contributed by atoms with Gasteiger partial charge in [-0.1, -0.05) is 6.92 Å². The van der Waals surface area contributed by atoms with Crippen LogP contribution in [0.5, 0.6) is 11.5 Å². The van der Waals surface area contributed by atoms with Gasteiger partial charge in [0.1, 0.15) is 0 Å². The molecule has 27 heavy (non-hydrogen) atoms. The van der Waals surface area contributed by atoms with E-state index in [2.05, 4.69) is 4.99 Å². The average molecular weight is 481 g/mol. The molecular formula is C19H16INO6. The van der Waals surface area contributed by atoms with Crippen molar-refractivity contribution in [3.63, 3.8) is 0 Å². The molecule has 0 radical (unpaired) electrons. The minimum absolute atomic E-state index is 0.114. The van der Waals surface area contributed by atoms with Crippen molar-refractivity contribution in [3.05, 3.63) is 51.1 Å². The molecule has 0 saturated heterocycles. The number of halogens is 1. The van der Waals surface area contributed by atoms with E-state index in [1.807, 2.05) is 29.5 Å². The van der Waals surface area contributed by atoms with Gasteiger partial charge < -0.3 is 18.6 Å². The fourth-order valence-electron chi connectivity index (χ4n) is 2.36. The lowest BCUT2D eigenvalue weighted by Gasteiger charge is -2.12. The number of methoxy groups -OCH3 is 1. The molecule has 140 valence electrons. The Kier molecular flexibility index (Phi) is 5.94. The molecule has 0 amide bonds. The number of ether oxygens (including phenoxy) is 3. The molecular weight excluding hydrogens is 465 g/mol. The molecule has 3 rings (SSSR count). The Morgan fingerprint density at radius 3 is 2.85 bits per heavy atom. The summed E-state index contributed by atoms with van der Waals surface area (Å²) in [5.41, 5.74) is 0.790. The van der Waals surface area contributed by atoms with Gasteiger partial charge in [0.25, 0.3) is 5.90 Å². The molecule has 0 aliphatic carbocycles. The first kappa shape index (κ1) is 19.2. The van der Waals surface area contributed by atoms with Crippen molar-refractivity contribution >= 4 is 46.5 Å². The molecule has 1 aliphatic heterocycles. The van der Waals surface area contributed by atoms with E-state index in [-0.39, 0.29) is 17.6 Å². The number of hydrogen-bond acceptors (Lipinski definition) is 7. The molecule has 0 spiro atoms. The van der Waals surface area contributed by atoms with Crippen LogP contribution in [-0.2, 0) is 14.3 Å². The second-order valence-corrected chi connectivity index (χ2v) is 6.73. The standard InChI is InChI=1S/C19H16INO6/c1-3-5-16(22)26-17-12(20)8-11(10-15(17)24-2)9-13-19(23)27-18(21-13)14-6-4-7-25-14/h4,6-10H,3,5H2,1-2H3/b13-9-. The lowest BCUT2D eigenvalue weighted by Crippen LogP contribution is -2.09. The van der Waals surface area contributed by atoms with Gasteiger partial charge in [-0.25, -0.2) is 9.79 Å². The monoisotopic (exact) mass is 481 g/mol. The molecule has 2 aromatic rings. The van der Waals surface area contributed by atoms with Crippen LogP contribution in [0, 0.1) is 3.57 Å². The van der Waals surface area contributed by atoms with E-state index < -0.39 is 5.97 Å². The summed E-state index contributed by atoms with van der Waals surface area (Å²) in [6, 6.07) is 6.76. The first-order valence-corrected chi connectivity index (χ1v) is 9.24. The molecule has 0 bridgehead atoms. The third-order valence-corrected chi connectivity index (χ3v) is 4.38. The highest BCUT2D eigenvalue weighted by molar-refractivity contribution is 14.1. The normalized spacial score (nSPS) is 14.9. The van der Waals surface area contributed by atoms with Crippen molar-refractivity contribution in [3.8, 4) is 11.5 Å². The highest BCUT2D eigenvalue weighted by Crippen LogP contribution is 2.35. The maximum absolute atomic E-state index is 12.1. The average Bonchev–Trinajstić information content (AvgIpc) is 3.27. The number of furan rings is 1. The zero-order valence-corrected chi connectivity index (χ0v) is 16.8. The van der Waals surface area contributed by atoms with Gasteiger partial charge in [-0.2, -0.15) is 0 Å². The summed E-state index contributed by atoms with van der Waals surface area (Å²) >= 11 is 2.05. The smallest absolute Gasteiger partial charge is 0.363 e. The predicted octanol–water partition coefficient (Wildman–Crippen LogP) is 3.94. The van der Waals surface area contributed by atoms with Gasteiger partial charge in [-0.3, -0.25) is 4.79 Å². The number of cyclic esters (lactones) is 1. The van der Waals surface area contributed by atoms with Gasteiger partial charge in [0, 0.05) is 6.42 Å². The van der Waals surface area contributed by atoms with Crippen LogP contribution < -0.4 is 9.47 Å². The largest absolute Gasteiger partial charge is 0.493 e. The van der Waals surface area contributed by atoms with Gasteiger partial charge in [-0.05, 0) is 64.9 Å². The Morgan fingerprint density at radius 1 is 1.37 bits per heavy atom. The third-order valence-electron chi connectivity index (χ3n) is 3.58. The molecule has 0 saturated carbocycles. The number of esters is 2. The van der Waals surface area contributed by atoms with Gasteiger partial charge >= 0.3 is 11.9 Å². The Morgan fingerprint density at radius 2 is 2.19 bits per heavy atom. The fraction of sp³-hybridized carbons (Fsp3) is 0.211. The summed E-state index contributed by atoms with van der Waals surface area (Å²) in [6.07, 6.45) is 4.06. The predicted molar refractivity (Wildman–Crippen MR) is 106 cm³/mol. The SMILES string of the molecule is CCCC(=O)Oc1c(I)cc(/C=C2\N=C(c3ccco3)OC2=O)cc1OC. The Labute approximate surface area is 169 Å². The van der Waals surface area contributed by atoms with Crippen LogP contribution >= 0.6 is 22.6 Å². The number of carbonyl (C=O) groups is 2. The first-order valence-electron chi connectivity index (χ1n) is 8.16. The van der Waals surface area contributed by atoms with E-state index in [0.717, 1.165) is 0 Å². The van der Waals surface area contributed by atoms with E-state index in [4.69, 9.17) is 18.6 Å². The highest BCUT2D eigenvalue weighted by Gasteiger charge is 2.26. The number of hydrogen-bond donors (Lipinski definition) is 0. The van der Waals surface area contributed by atoms with E-state index in [1.165, 1.54) is 13.4 Å². The molecule has 1 aromatic carbocycles. The molecule has 1 aliphatic rings. The Hall–Kier alpha value is -2.62. The van der Waals surface area contributed by atoms with Crippen LogP contribution in [-0.4, -0.2) is 24.9 Å². The summed E-state index contributed by atoms with van der Waals surface area (Å²) in [7, 11) is 1.48. The molecule has 0 fully saturated rings. The van der Waals surface area contributed by atoms with E-state index in [0.29, 0.717) is 39.2 Å². The summed E-state index contributed by atoms with van der Waals surface area (Å²) in [6.45, 7) is 1.90. The summed E-state index contributed by atoms with van der Waals surface area (Å²) < 4.78 is 21.7. The fourth-order valence-corrected chi connectivity index (χ4v) is 3.10. The van der Waals surface area contributed by atoms with Crippen molar-refractivity contribution < 1.29 is 28.2 Å². The number of benzene rings is 1. The lowest BCUT2D eigenvalue weighted by atomic mass is 10.1. The quantitative estimate of drug-likeness (QED) is 0.269. The minimum atomic E-state index is -0.575. The number of aliphatic imine (C=N–C) groups is 1. The van der Waals surface area contributed by atoms with Crippen LogP contribution in [0.1, 0.15) is 31.1 Å². The first-order chi connectivity index (χ1) is 13.0. The molecule has 2 heterocycles. The zero-order valence-electron chi connectivity index (χ0n) is 14.7. The molecule has 0 N–H and O–H groups in total. The maximum atomic E-state index is 12.1. The summed E-state index contributed by atoms with van der Waals surface area (Å²) in [5.74, 6) is 0.327. The van der Waals surface area contributed by atoms with Crippen LogP contribution in [0.4, 0.5) is 0 Å². The van der Waals surface area contributed by atoms with Crippen LogP contribution in [0.15, 0.2) is 45.6 Å². The summed E-state index contributed by atoms with van der Waals surface area (Å²) in [4.78, 5) is 28.0. The number of nitrogens with zero attached hydrogens (tertiary/aromatic N) is 1. The van der Waals surface area contributed by atoms with Gasteiger partial charge in [-0.15, -0.1) is 0 Å². The maximum Gasteiger partial charge on any atom is 0.363 e. The third kappa shape index (κ3) is 4.38. The Balaban J connectivity index is 1.91. The zero-order chi connectivity index (χ0) is 19.4. The lowest BCUT2D eigenvalue weighted by molar-refractivity contribution is -0.134. The Bertz CT molecular complexity index is 930. The van der Waals surface area contributed by atoms with E-state index in [9.17, 15) is 9.59 Å². The van der Waals surface area contributed by atoms with Crippen molar-refractivity contribution in [2.75, 3.05) is 7.11 Å². The van der Waals surface area contributed by atoms with Crippen molar-refractivity contribution in [2.45, 2.75) is 19.8 Å². The minimum Gasteiger partial charge on any atom is -0.493 e. The molecule has 8 heteroatoms. The highest BCUT2D eigenvalue weighted by atomic mass is 127. The molecule has 7 nitrogen and oxygen atoms in total. The summed E-state index contributed by atoms with van der Waals surface area (Å²) in [5, 5.41) is 0. The van der Waals surface area contributed by atoms with Gasteiger partial charge in [0.15, 0.2) is 23.0 Å². The number of rotatable bonds is 6. The van der Waals surface area contributed by atoms with Crippen LogP contribution in [0.25, 0.3) is 6.08 Å². The molecule has 0 atom stereocenters. The van der Waals surface area contributed by atoms with Gasteiger partial charge in [0.05, 0.1) is 16.9 Å². The molecule has 0 unspecified atom stereocenters. The van der Waals surface area contributed by atoms with Crippen molar-refractivity contribution in [1.29, 1.82) is 0 Å². The van der Waals surface area contributed by atoms with Crippen molar-refractivity contribution in [2.24, 2.45) is 4.99 Å². The molecule has 1 aromatic heterocycles. The number of carbonyl (C=O) groups excluding carboxylic acids is 2. The van der Waals surface area contributed by atoms with Crippen LogP contribution in [0.3, 0.4) is 0 Å². The second-order valence-electron chi connectivity index (χ2n) is 5.57. The van der Waals surface area contributed by atoms with E-state index >= 15 is 0 Å². The second kappa shape index (κ2) is 8.38.